The maximum Gasteiger partial charge on any atom is 0.0931 e. The van der Waals surface area contributed by atoms with Gasteiger partial charge in [-0.1, -0.05) is 26.0 Å². The number of aryl methyl sites for hydroxylation is 1. The Bertz CT molecular complexity index is 354. The molecule has 0 aliphatic carbocycles. The van der Waals surface area contributed by atoms with Gasteiger partial charge in [-0.15, -0.1) is 0 Å². The average Bonchev–Trinajstić information content (AvgIpc) is 2.57. The van der Waals surface area contributed by atoms with Crippen molar-refractivity contribution < 1.29 is 1.43 Å². The van der Waals surface area contributed by atoms with Gasteiger partial charge in [-0.05, 0) is 18.6 Å². The van der Waals surface area contributed by atoms with Gasteiger partial charge in [0.25, 0.3) is 0 Å². The number of nitrogens with one attached hydrogen (secondary N) is 1. The molecule has 0 radical (unpaired) electrons. The molecule has 0 aliphatic heterocycles. The number of aromatic nitrogens is 2. The molecule has 0 amide bonds. The number of nitrogens with zero attached hydrogens (tertiary/aromatic N) is 1. The van der Waals surface area contributed by atoms with Gasteiger partial charge in [-0.25, -0.2) is 4.98 Å². The van der Waals surface area contributed by atoms with Gasteiger partial charge < -0.3 is 4.98 Å². The third-order valence-corrected chi connectivity index (χ3v) is 1.65. The number of para-hydroxylation sites is 1. The van der Waals surface area contributed by atoms with Gasteiger partial charge in [0.2, 0.25) is 0 Å². The van der Waals surface area contributed by atoms with Gasteiger partial charge in [0.05, 0.1) is 17.4 Å². The zero-order chi connectivity index (χ0) is 8.97. The van der Waals surface area contributed by atoms with Gasteiger partial charge in [0.1, 0.15) is 0 Å². The van der Waals surface area contributed by atoms with Crippen molar-refractivity contribution in [3.8, 4) is 0 Å². The number of hydrogen-bond donors (Lipinski definition) is 1. The van der Waals surface area contributed by atoms with Crippen molar-refractivity contribution in [2.24, 2.45) is 0 Å². The maximum absolute atomic E-state index is 4.16. The van der Waals surface area contributed by atoms with E-state index in [2.05, 4.69) is 23.0 Å². The summed E-state index contributed by atoms with van der Waals surface area (Å²) in [7, 11) is 0. The second-order valence-corrected chi connectivity index (χ2v) is 2.37. The zero-order valence-corrected chi connectivity index (χ0v) is 7.76. The fourth-order valence-electron chi connectivity index (χ4n) is 1.11. The van der Waals surface area contributed by atoms with Crippen LogP contribution in [0.25, 0.3) is 11.0 Å². The van der Waals surface area contributed by atoms with E-state index in [0.717, 1.165) is 11.0 Å². The lowest BCUT2D eigenvalue weighted by Crippen LogP contribution is -1.73. The van der Waals surface area contributed by atoms with Crippen LogP contribution in [0.2, 0.25) is 0 Å². The third-order valence-electron chi connectivity index (χ3n) is 1.65. The maximum atomic E-state index is 4.16. The van der Waals surface area contributed by atoms with Crippen LogP contribution in [0, 0.1) is 6.92 Å². The van der Waals surface area contributed by atoms with Crippen LogP contribution in [0.4, 0.5) is 0 Å². The molecular formula is C10H16N2. The van der Waals surface area contributed by atoms with Crippen LogP contribution in [0.3, 0.4) is 0 Å². The van der Waals surface area contributed by atoms with Crippen LogP contribution >= 0.6 is 0 Å². The quantitative estimate of drug-likeness (QED) is 0.636. The second-order valence-electron chi connectivity index (χ2n) is 2.37. The van der Waals surface area contributed by atoms with Crippen molar-refractivity contribution in [1.82, 2.24) is 9.97 Å². The predicted octanol–water partition coefficient (Wildman–Crippen LogP) is 3.14. The van der Waals surface area contributed by atoms with Crippen molar-refractivity contribution in [3.63, 3.8) is 0 Å². The standard InChI is InChI=1S/C8H8N2.C2H6.H2/c1-6-3-2-4-7-8(6)10-5-9-7;1-2;/h2-5H,1H3,(H,9,10);1-2H3;1H. The van der Waals surface area contributed by atoms with E-state index in [1.807, 2.05) is 26.0 Å². The van der Waals surface area contributed by atoms with Crippen molar-refractivity contribution in [1.29, 1.82) is 0 Å². The van der Waals surface area contributed by atoms with Crippen molar-refractivity contribution in [2.75, 3.05) is 0 Å². The predicted molar refractivity (Wildman–Crippen MR) is 54.3 cm³/mol. The van der Waals surface area contributed by atoms with Gasteiger partial charge in [-0.2, -0.15) is 0 Å². The lowest BCUT2D eigenvalue weighted by Gasteiger charge is -1.90. The average molecular weight is 164 g/mol. The fraction of sp³-hybridized carbons (Fsp3) is 0.300. The van der Waals surface area contributed by atoms with Crippen LogP contribution in [0.15, 0.2) is 24.5 Å². The first kappa shape index (κ1) is 8.78. The molecule has 0 atom stereocenters. The summed E-state index contributed by atoms with van der Waals surface area (Å²) < 4.78 is 0. The van der Waals surface area contributed by atoms with Crippen LogP contribution in [-0.2, 0) is 0 Å². The van der Waals surface area contributed by atoms with E-state index in [1.165, 1.54) is 5.56 Å². The van der Waals surface area contributed by atoms with Crippen LogP contribution in [-0.4, -0.2) is 9.97 Å². The van der Waals surface area contributed by atoms with Crippen molar-refractivity contribution in [2.45, 2.75) is 20.8 Å². The first-order valence-corrected chi connectivity index (χ1v) is 4.26. The molecule has 2 heteroatoms. The van der Waals surface area contributed by atoms with Crippen molar-refractivity contribution in [3.05, 3.63) is 30.1 Å². The number of rotatable bonds is 0. The molecule has 1 N–H and O–H groups in total. The fourth-order valence-corrected chi connectivity index (χ4v) is 1.11. The Hall–Kier alpha value is -1.31. The van der Waals surface area contributed by atoms with E-state index in [1.54, 1.807) is 6.33 Å². The van der Waals surface area contributed by atoms with Gasteiger partial charge in [-0.3, -0.25) is 0 Å². The Morgan fingerprint density at radius 3 is 2.75 bits per heavy atom. The number of imidazole rings is 1. The number of aromatic amines is 1. The van der Waals surface area contributed by atoms with Crippen LogP contribution in [0.1, 0.15) is 20.8 Å². The molecule has 2 aromatic rings. The molecule has 0 unspecified atom stereocenters. The largest absolute Gasteiger partial charge is 0.345 e. The highest BCUT2D eigenvalue weighted by Crippen LogP contribution is 2.11. The highest BCUT2D eigenvalue weighted by molar-refractivity contribution is 5.77. The molecule has 12 heavy (non-hydrogen) atoms. The van der Waals surface area contributed by atoms with E-state index < -0.39 is 0 Å². The smallest absolute Gasteiger partial charge is 0.0931 e. The molecule has 1 aromatic heterocycles. The molecule has 0 saturated heterocycles. The number of benzene rings is 1. The molecule has 0 spiro atoms. The Morgan fingerprint density at radius 2 is 2.08 bits per heavy atom. The van der Waals surface area contributed by atoms with Crippen LogP contribution in [0.5, 0.6) is 0 Å². The number of fused-ring (bicyclic) bond motifs is 1. The van der Waals surface area contributed by atoms with Gasteiger partial charge in [0, 0.05) is 1.43 Å². The molecule has 2 rings (SSSR count). The minimum Gasteiger partial charge on any atom is -0.345 e. The van der Waals surface area contributed by atoms with E-state index in [4.69, 9.17) is 0 Å². The molecule has 0 saturated carbocycles. The highest BCUT2D eigenvalue weighted by atomic mass is 14.9. The van der Waals surface area contributed by atoms with E-state index in [-0.39, 0.29) is 1.43 Å². The summed E-state index contributed by atoms with van der Waals surface area (Å²) in [6, 6.07) is 6.11. The Morgan fingerprint density at radius 1 is 1.33 bits per heavy atom. The third kappa shape index (κ3) is 1.47. The molecule has 0 aliphatic rings. The Kier molecular flexibility index (Phi) is 2.86. The normalized spacial score (nSPS) is 9.25. The topological polar surface area (TPSA) is 28.7 Å². The van der Waals surface area contributed by atoms with Gasteiger partial charge >= 0.3 is 0 Å². The van der Waals surface area contributed by atoms with E-state index >= 15 is 0 Å². The monoisotopic (exact) mass is 164 g/mol. The van der Waals surface area contributed by atoms with E-state index in [0.29, 0.717) is 0 Å². The summed E-state index contributed by atoms with van der Waals surface area (Å²) >= 11 is 0. The first-order valence-electron chi connectivity index (χ1n) is 4.26. The number of hydrogen-bond acceptors (Lipinski definition) is 1. The summed E-state index contributed by atoms with van der Waals surface area (Å²) in [5, 5.41) is 0. The Labute approximate surface area is 74.1 Å². The molecule has 66 valence electrons. The summed E-state index contributed by atoms with van der Waals surface area (Å²) in [5.74, 6) is 0. The molecule has 0 bridgehead atoms. The second kappa shape index (κ2) is 3.90. The Balaban J connectivity index is 0.000000451. The molecule has 1 aromatic carbocycles. The molecular weight excluding hydrogens is 148 g/mol. The summed E-state index contributed by atoms with van der Waals surface area (Å²) in [6.07, 6.45) is 1.72. The summed E-state index contributed by atoms with van der Waals surface area (Å²) in [5.41, 5.74) is 3.40. The van der Waals surface area contributed by atoms with Gasteiger partial charge in [0.15, 0.2) is 0 Å². The lowest BCUT2D eigenvalue weighted by atomic mass is 10.2. The molecule has 1 heterocycles. The summed E-state index contributed by atoms with van der Waals surface area (Å²) in [6.45, 7) is 6.06. The first-order chi connectivity index (χ1) is 5.88. The van der Waals surface area contributed by atoms with Crippen molar-refractivity contribution >= 4 is 11.0 Å². The number of H-pyrrole nitrogens is 1. The minimum atomic E-state index is 0. The lowest BCUT2D eigenvalue weighted by molar-refractivity contribution is 1.34. The summed E-state index contributed by atoms with van der Waals surface area (Å²) in [4.78, 5) is 7.21. The molecule has 0 fully saturated rings. The SMILES string of the molecule is CC.Cc1cccc2[nH]cnc12.[HH]. The highest BCUT2D eigenvalue weighted by Gasteiger charge is 1.95. The minimum absolute atomic E-state index is 0. The van der Waals surface area contributed by atoms with E-state index in [9.17, 15) is 0 Å². The molecule has 2 nitrogen and oxygen atoms in total. The van der Waals surface area contributed by atoms with Crippen LogP contribution < -0.4 is 0 Å². The zero-order valence-electron chi connectivity index (χ0n) is 7.76.